The molecule has 2 aliphatic rings. The van der Waals surface area contributed by atoms with E-state index in [0.29, 0.717) is 0 Å². The third kappa shape index (κ3) is 2.26. The number of nitrogens with zero attached hydrogens (tertiary/aromatic N) is 6. The molecule has 128 valence electrons. The number of ether oxygens (including phenoxy) is 1. The fraction of sp³-hybridized carbons (Fsp3) is 0.444. The van der Waals surface area contributed by atoms with Crippen LogP contribution in [0.3, 0.4) is 0 Å². The van der Waals surface area contributed by atoms with Gasteiger partial charge in [0, 0.05) is 19.5 Å². The lowest BCUT2D eigenvalue weighted by atomic mass is 9.90. The Morgan fingerprint density at radius 1 is 1.20 bits per heavy atom. The molecule has 4 heterocycles. The molecule has 1 unspecified atom stereocenters. The standard InChI is InChI=1S/C18H20N6O/c1-2-24-17-15(21-22-24)16(19-12-20-17)23-10-9-18(11-23)8-7-13-5-3-4-6-14(13)25-18/h3-6,12H,2,7-11H2,1H3. The van der Waals surface area contributed by atoms with E-state index in [1.54, 1.807) is 11.0 Å². The Morgan fingerprint density at radius 3 is 3.04 bits per heavy atom. The molecular weight excluding hydrogens is 316 g/mol. The van der Waals surface area contributed by atoms with Gasteiger partial charge in [0.25, 0.3) is 0 Å². The van der Waals surface area contributed by atoms with Gasteiger partial charge in [0.1, 0.15) is 17.7 Å². The number of anilines is 1. The number of aryl methyl sites for hydroxylation is 2. The van der Waals surface area contributed by atoms with Crippen molar-refractivity contribution < 1.29 is 4.74 Å². The molecule has 1 spiro atoms. The minimum atomic E-state index is -0.133. The molecule has 1 aromatic carbocycles. The first-order valence-corrected chi connectivity index (χ1v) is 8.84. The van der Waals surface area contributed by atoms with Crippen molar-refractivity contribution in [3.63, 3.8) is 0 Å². The van der Waals surface area contributed by atoms with Gasteiger partial charge in [-0.1, -0.05) is 23.4 Å². The number of hydrogen-bond acceptors (Lipinski definition) is 6. The summed E-state index contributed by atoms with van der Waals surface area (Å²) in [5.41, 5.74) is 2.75. The number of hydrogen-bond donors (Lipinski definition) is 0. The molecule has 5 rings (SSSR count). The Morgan fingerprint density at radius 2 is 2.12 bits per heavy atom. The maximum absolute atomic E-state index is 6.44. The van der Waals surface area contributed by atoms with Gasteiger partial charge in [-0.25, -0.2) is 14.6 Å². The molecule has 0 aliphatic carbocycles. The molecule has 1 fully saturated rings. The molecule has 7 nitrogen and oxygen atoms in total. The van der Waals surface area contributed by atoms with E-state index in [2.05, 4.69) is 43.4 Å². The first-order valence-electron chi connectivity index (χ1n) is 8.84. The van der Waals surface area contributed by atoms with Crippen molar-refractivity contribution in [2.24, 2.45) is 0 Å². The Hall–Kier alpha value is -2.70. The van der Waals surface area contributed by atoms with Crippen LogP contribution >= 0.6 is 0 Å². The predicted molar refractivity (Wildman–Crippen MR) is 93.7 cm³/mol. The third-order valence-corrected chi connectivity index (χ3v) is 5.35. The summed E-state index contributed by atoms with van der Waals surface area (Å²) in [6, 6.07) is 8.36. The van der Waals surface area contributed by atoms with E-state index in [-0.39, 0.29) is 5.60 Å². The van der Waals surface area contributed by atoms with Crippen molar-refractivity contribution in [1.82, 2.24) is 25.0 Å². The van der Waals surface area contributed by atoms with Crippen LogP contribution in [0, 0.1) is 0 Å². The van der Waals surface area contributed by atoms with Crippen LogP contribution in [0.2, 0.25) is 0 Å². The molecule has 2 aliphatic heterocycles. The first-order chi connectivity index (χ1) is 12.3. The fourth-order valence-corrected chi connectivity index (χ4v) is 3.99. The SMILES string of the molecule is CCn1nnc2c(N3CCC4(CCc5ccccc5O4)C3)ncnc21. The zero-order valence-electron chi connectivity index (χ0n) is 14.2. The molecule has 1 saturated heterocycles. The van der Waals surface area contributed by atoms with Gasteiger partial charge in [-0.3, -0.25) is 0 Å². The van der Waals surface area contributed by atoms with Crippen LogP contribution < -0.4 is 9.64 Å². The monoisotopic (exact) mass is 336 g/mol. The molecule has 3 aromatic rings. The van der Waals surface area contributed by atoms with Gasteiger partial charge in [-0.2, -0.15) is 0 Å². The average molecular weight is 336 g/mol. The Balaban J connectivity index is 1.46. The number of rotatable bonds is 2. The highest BCUT2D eigenvalue weighted by atomic mass is 16.5. The second-order valence-corrected chi connectivity index (χ2v) is 6.84. The summed E-state index contributed by atoms with van der Waals surface area (Å²) in [6.07, 6.45) is 4.70. The summed E-state index contributed by atoms with van der Waals surface area (Å²) in [5, 5.41) is 8.49. The molecule has 0 amide bonds. The summed E-state index contributed by atoms with van der Waals surface area (Å²) in [7, 11) is 0. The molecule has 0 radical (unpaired) electrons. The molecule has 1 atom stereocenters. The van der Waals surface area contributed by atoms with Crippen molar-refractivity contribution in [1.29, 1.82) is 0 Å². The molecule has 0 bridgehead atoms. The number of para-hydroxylation sites is 1. The van der Waals surface area contributed by atoms with Crippen LogP contribution in [0.4, 0.5) is 5.82 Å². The smallest absolute Gasteiger partial charge is 0.183 e. The molecule has 0 saturated carbocycles. The van der Waals surface area contributed by atoms with E-state index in [1.165, 1.54) is 5.56 Å². The van der Waals surface area contributed by atoms with E-state index in [0.717, 1.165) is 61.6 Å². The second kappa shape index (κ2) is 5.40. The van der Waals surface area contributed by atoms with E-state index in [9.17, 15) is 0 Å². The van der Waals surface area contributed by atoms with E-state index in [1.807, 2.05) is 13.0 Å². The van der Waals surface area contributed by atoms with Gasteiger partial charge < -0.3 is 9.64 Å². The number of benzene rings is 1. The molecular formula is C18H20N6O. The van der Waals surface area contributed by atoms with Gasteiger partial charge >= 0.3 is 0 Å². The van der Waals surface area contributed by atoms with Crippen LogP contribution in [0.1, 0.15) is 25.3 Å². The number of fused-ring (bicyclic) bond motifs is 2. The van der Waals surface area contributed by atoms with Crippen LogP contribution in [0.15, 0.2) is 30.6 Å². The third-order valence-electron chi connectivity index (χ3n) is 5.35. The summed E-state index contributed by atoms with van der Waals surface area (Å²) in [6.45, 7) is 4.52. The highest BCUT2D eigenvalue weighted by molar-refractivity contribution is 5.82. The maximum atomic E-state index is 6.44. The van der Waals surface area contributed by atoms with Gasteiger partial charge in [0.2, 0.25) is 0 Å². The maximum Gasteiger partial charge on any atom is 0.183 e. The Kier molecular flexibility index (Phi) is 3.16. The van der Waals surface area contributed by atoms with Crippen molar-refractivity contribution >= 4 is 17.0 Å². The zero-order valence-corrected chi connectivity index (χ0v) is 14.2. The minimum Gasteiger partial charge on any atom is -0.485 e. The van der Waals surface area contributed by atoms with Crippen molar-refractivity contribution in [3.05, 3.63) is 36.2 Å². The summed E-state index contributed by atoms with van der Waals surface area (Å²) in [5.74, 6) is 1.89. The Labute approximate surface area is 145 Å². The highest BCUT2D eigenvalue weighted by Crippen LogP contribution is 2.40. The van der Waals surface area contributed by atoms with Crippen molar-refractivity contribution in [3.8, 4) is 5.75 Å². The van der Waals surface area contributed by atoms with Crippen molar-refractivity contribution in [2.75, 3.05) is 18.0 Å². The lowest BCUT2D eigenvalue weighted by Gasteiger charge is -2.35. The van der Waals surface area contributed by atoms with Gasteiger partial charge in [-0.15, -0.1) is 5.10 Å². The quantitative estimate of drug-likeness (QED) is 0.715. The highest BCUT2D eigenvalue weighted by Gasteiger charge is 2.43. The van der Waals surface area contributed by atoms with Crippen LogP contribution in [-0.2, 0) is 13.0 Å². The zero-order chi connectivity index (χ0) is 16.9. The molecule has 0 N–H and O–H groups in total. The van der Waals surface area contributed by atoms with Crippen LogP contribution in [0.5, 0.6) is 5.75 Å². The van der Waals surface area contributed by atoms with Gasteiger partial charge in [-0.05, 0) is 31.4 Å². The number of aromatic nitrogens is 5. The Bertz CT molecular complexity index is 938. The second-order valence-electron chi connectivity index (χ2n) is 6.84. The first kappa shape index (κ1) is 14.6. The predicted octanol–water partition coefficient (Wildman–Crippen LogP) is 2.22. The molecule has 2 aromatic heterocycles. The normalized spacial score (nSPS) is 22.4. The van der Waals surface area contributed by atoms with E-state index >= 15 is 0 Å². The summed E-state index contributed by atoms with van der Waals surface area (Å²) >= 11 is 0. The van der Waals surface area contributed by atoms with Gasteiger partial charge in [0.15, 0.2) is 17.0 Å². The van der Waals surface area contributed by atoms with Crippen LogP contribution in [0.25, 0.3) is 11.2 Å². The molecule has 7 heteroatoms. The summed E-state index contributed by atoms with van der Waals surface area (Å²) in [4.78, 5) is 11.1. The molecule has 25 heavy (non-hydrogen) atoms. The van der Waals surface area contributed by atoms with E-state index in [4.69, 9.17) is 4.74 Å². The topological polar surface area (TPSA) is 69.0 Å². The average Bonchev–Trinajstić information content (AvgIpc) is 3.26. The lowest BCUT2D eigenvalue weighted by molar-refractivity contribution is 0.0682. The van der Waals surface area contributed by atoms with Gasteiger partial charge in [0.05, 0.1) is 6.54 Å². The van der Waals surface area contributed by atoms with Crippen LogP contribution in [-0.4, -0.2) is 43.7 Å². The lowest BCUT2D eigenvalue weighted by Crippen LogP contribution is -2.42. The van der Waals surface area contributed by atoms with E-state index < -0.39 is 0 Å². The fourth-order valence-electron chi connectivity index (χ4n) is 3.99. The van der Waals surface area contributed by atoms with Crippen molar-refractivity contribution in [2.45, 2.75) is 38.3 Å². The minimum absolute atomic E-state index is 0.133. The summed E-state index contributed by atoms with van der Waals surface area (Å²) < 4.78 is 8.25. The largest absolute Gasteiger partial charge is 0.485 e.